The average molecular weight is 416 g/mol. The van der Waals surface area contributed by atoms with Gasteiger partial charge in [0.2, 0.25) is 0 Å². The molecule has 1 fully saturated rings. The van der Waals surface area contributed by atoms with Gasteiger partial charge in [-0.05, 0) is 76.3 Å². The molecule has 0 saturated carbocycles. The van der Waals surface area contributed by atoms with Crippen LogP contribution in [0.25, 0.3) is 10.9 Å². The molecule has 1 aromatic heterocycles. The lowest BCUT2D eigenvalue weighted by Crippen LogP contribution is -2.44. The van der Waals surface area contributed by atoms with Crippen LogP contribution in [0.15, 0.2) is 24.3 Å². The molecule has 1 aliphatic heterocycles. The highest BCUT2D eigenvalue weighted by Crippen LogP contribution is 2.26. The molecule has 3 rings (SSSR count). The fraction of sp³-hybridized carbons (Fsp3) is 0.545. The minimum absolute atomic E-state index is 0.270. The molecule has 0 bridgehead atoms. The van der Waals surface area contributed by atoms with Gasteiger partial charge in [0.1, 0.15) is 5.82 Å². The molecule has 0 spiro atoms. The molecule has 158 valence electrons. The van der Waals surface area contributed by atoms with Crippen LogP contribution in [-0.4, -0.2) is 67.5 Å². The number of fused-ring (bicyclic) bond motifs is 1. The zero-order valence-corrected chi connectivity index (χ0v) is 18.8. The van der Waals surface area contributed by atoms with E-state index in [2.05, 4.69) is 52.6 Å². The maximum Gasteiger partial charge on any atom is 0.170 e. The van der Waals surface area contributed by atoms with E-state index in [9.17, 15) is 0 Å². The molecule has 2 heterocycles. The van der Waals surface area contributed by atoms with E-state index in [1.54, 1.807) is 0 Å². The molecule has 7 heteroatoms. The van der Waals surface area contributed by atoms with Crippen molar-refractivity contribution < 1.29 is 4.74 Å². The van der Waals surface area contributed by atoms with Crippen LogP contribution in [0.2, 0.25) is 0 Å². The van der Waals surface area contributed by atoms with Crippen LogP contribution in [0.5, 0.6) is 0 Å². The highest BCUT2D eigenvalue weighted by atomic mass is 32.1. The number of hydrogen-bond donors (Lipinski definition) is 2. The molecule has 2 N–H and O–H groups in total. The predicted octanol–water partition coefficient (Wildman–Crippen LogP) is 3.40. The predicted molar refractivity (Wildman–Crippen MR) is 126 cm³/mol. The van der Waals surface area contributed by atoms with Gasteiger partial charge in [-0.15, -0.1) is 0 Å². The molecule has 0 atom stereocenters. The zero-order chi connectivity index (χ0) is 20.8. The Labute approximate surface area is 179 Å². The Morgan fingerprint density at radius 3 is 2.69 bits per heavy atom. The lowest BCUT2D eigenvalue weighted by molar-refractivity contribution is 0.0777. The average Bonchev–Trinajstić information content (AvgIpc) is 2.68. The summed E-state index contributed by atoms with van der Waals surface area (Å²) in [7, 11) is 2.17. The van der Waals surface area contributed by atoms with Gasteiger partial charge in [-0.25, -0.2) is 4.98 Å². The Balaban J connectivity index is 1.60. The van der Waals surface area contributed by atoms with Crippen molar-refractivity contribution in [2.24, 2.45) is 0 Å². The quantitative estimate of drug-likeness (QED) is 0.531. The maximum absolute atomic E-state index is 5.55. The van der Waals surface area contributed by atoms with E-state index >= 15 is 0 Å². The van der Waals surface area contributed by atoms with E-state index in [-0.39, 0.29) is 6.10 Å². The second-order valence-corrected chi connectivity index (χ2v) is 8.38. The minimum Gasteiger partial charge on any atom is -0.379 e. The number of likely N-dealkylation sites (N-methyl/N-ethyl adjacent to an activating group) is 1. The van der Waals surface area contributed by atoms with Crippen molar-refractivity contribution in [3.63, 3.8) is 0 Å². The van der Waals surface area contributed by atoms with Crippen molar-refractivity contribution in [1.29, 1.82) is 0 Å². The maximum atomic E-state index is 5.55. The number of nitrogens with zero attached hydrogens (tertiary/aromatic N) is 3. The van der Waals surface area contributed by atoms with Gasteiger partial charge in [0.15, 0.2) is 5.11 Å². The summed E-state index contributed by atoms with van der Waals surface area (Å²) in [5.74, 6) is 1.07. The van der Waals surface area contributed by atoms with E-state index in [0.717, 1.165) is 68.2 Å². The summed E-state index contributed by atoms with van der Waals surface area (Å²) in [6.07, 6.45) is 1.20. The fourth-order valence-corrected chi connectivity index (χ4v) is 3.64. The van der Waals surface area contributed by atoms with Gasteiger partial charge in [0.25, 0.3) is 0 Å². The third kappa shape index (κ3) is 6.26. The summed E-state index contributed by atoms with van der Waals surface area (Å²) < 4.78 is 5.55. The number of hydrogen-bond acceptors (Lipinski definition) is 5. The van der Waals surface area contributed by atoms with Crippen molar-refractivity contribution in [3.05, 3.63) is 29.8 Å². The summed E-state index contributed by atoms with van der Waals surface area (Å²) in [6.45, 7) is 12.0. The molecule has 1 aromatic carbocycles. The molecule has 1 saturated heterocycles. The second kappa shape index (κ2) is 10.2. The summed E-state index contributed by atoms with van der Waals surface area (Å²) in [5, 5.41) is 8.30. The standard InChI is InChI=1S/C22H33N5OS/c1-16(2)28-13-5-8-23-22(29)24-18-6-7-20-19(15-18)17(3)14-21(25-20)27-11-9-26(4)10-12-27/h6-7,14-16H,5,8-13H2,1-4H3,(H2,23,24,29). The minimum atomic E-state index is 0.270. The van der Waals surface area contributed by atoms with E-state index in [1.165, 1.54) is 5.56 Å². The Kier molecular flexibility index (Phi) is 7.64. The second-order valence-electron chi connectivity index (χ2n) is 7.97. The summed E-state index contributed by atoms with van der Waals surface area (Å²) in [6, 6.07) is 8.44. The first-order valence-corrected chi connectivity index (χ1v) is 10.8. The fourth-order valence-electron chi connectivity index (χ4n) is 3.42. The number of piperazine rings is 1. The normalized spacial score (nSPS) is 15.1. The van der Waals surface area contributed by atoms with Gasteiger partial charge in [-0.3, -0.25) is 0 Å². The van der Waals surface area contributed by atoms with E-state index in [0.29, 0.717) is 5.11 Å². The number of rotatable bonds is 7. The lowest BCUT2D eigenvalue weighted by Gasteiger charge is -2.33. The van der Waals surface area contributed by atoms with Crippen molar-refractivity contribution in [2.75, 3.05) is 56.6 Å². The van der Waals surface area contributed by atoms with E-state index in [1.807, 2.05) is 19.9 Å². The monoisotopic (exact) mass is 415 g/mol. The molecule has 2 aromatic rings. The molecular formula is C22H33N5OS. The summed E-state index contributed by atoms with van der Waals surface area (Å²) in [5.41, 5.74) is 3.23. The highest BCUT2D eigenvalue weighted by Gasteiger charge is 2.16. The molecule has 29 heavy (non-hydrogen) atoms. The van der Waals surface area contributed by atoms with Crippen LogP contribution in [0.1, 0.15) is 25.8 Å². The number of thiocarbonyl (C=S) groups is 1. The van der Waals surface area contributed by atoms with Crippen LogP contribution in [0.3, 0.4) is 0 Å². The molecule has 6 nitrogen and oxygen atoms in total. The Hall–Kier alpha value is -1.96. The van der Waals surface area contributed by atoms with Gasteiger partial charge < -0.3 is 25.2 Å². The molecule has 0 unspecified atom stereocenters. The number of nitrogens with one attached hydrogen (secondary N) is 2. The van der Waals surface area contributed by atoms with Gasteiger partial charge >= 0.3 is 0 Å². The number of anilines is 2. The third-order valence-electron chi connectivity index (χ3n) is 5.14. The van der Waals surface area contributed by atoms with Crippen LogP contribution in [0, 0.1) is 6.92 Å². The largest absolute Gasteiger partial charge is 0.379 e. The van der Waals surface area contributed by atoms with E-state index < -0.39 is 0 Å². The Morgan fingerprint density at radius 1 is 1.21 bits per heavy atom. The number of pyridine rings is 1. The third-order valence-corrected chi connectivity index (χ3v) is 5.39. The SMILES string of the molecule is Cc1cc(N2CCN(C)CC2)nc2ccc(NC(=S)NCCCOC(C)C)cc12. The number of aryl methyl sites for hydroxylation is 1. The molecular weight excluding hydrogens is 382 g/mol. The lowest BCUT2D eigenvalue weighted by atomic mass is 10.1. The van der Waals surface area contributed by atoms with Crippen molar-refractivity contribution in [1.82, 2.24) is 15.2 Å². The number of benzene rings is 1. The van der Waals surface area contributed by atoms with Crippen LogP contribution in [0.4, 0.5) is 11.5 Å². The molecule has 0 aliphatic carbocycles. The first kappa shape index (κ1) is 21.7. The molecule has 0 amide bonds. The topological polar surface area (TPSA) is 52.7 Å². The van der Waals surface area contributed by atoms with Crippen molar-refractivity contribution >= 4 is 39.7 Å². The molecule has 1 aliphatic rings. The van der Waals surface area contributed by atoms with Gasteiger partial charge in [0.05, 0.1) is 11.6 Å². The highest BCUT2D eigenvalue weighted by molar-refractivity contribution is 7.80. The molecule has 0 radical (unpaired) electrons. The van der Waals surface area contributed by atoms with Crippen LogP contribution in [-0.2, 0) is 4.74 Å². The summed E-state index contributed by atoms with van der Waals surface area (Å²) >= 11 is 5.42. The zero-order valence-electron chi connectivity index (χ0n) is 18.0. The first-order valence-electron chi connectivity index (χ1n) is 10.4. The van der Waals surface area contributed by atoms with Crippen LogP contribution < -0.4 is 15.5 Å². The van der Waals surface area contributed by atoms with Gasteiger partial charge in [0, 0.05) is 50.4 Å². The van der Waals surface area contributed by atoms with E-state index in [4.69, 9.17) is 21.9 Å². The smallest absolute Gasteiger partial charge is 0.170 e. The van der Waals surface area contributed by atoms with Crippen molar-refractivity contribution in [2.45, 2.75) is 33.3 Å². The van der Waals surface area contributed by atoms with Crippen molar-refractivity contribution in [3.8, 4) is 0 Å². The Bertz CT molecular complexity index is 833. The summed E-state index contributed by atoms with van der Waals surface area (Å²) in [4.78, 5) is 9.64. The first-order chi connectivity index (χ1) is 13.9. The van der Waals surface area contributed by atoms with Gasteiger partial charge in [-0.2, -0.15) is 0 Å². The van der Waals surface area contributed by atoms with Gasteiger partial charge in [-0.1, -0.05) is 0 Å². The Morgan fingerprint density at radius 2 is 1.97 bits per heavy atom. The number of aromatic nitrogens is 1. The van der Waals surface area contributed by atoms with Crippen LogP contribution >= 0.6 is 12.2 Å². The number of ether oxygens (including phenoxy) is 1.